The lowest BCUT2D eigenvalue weighted by molar-refractivity contribution is -0.0312. The molecule has 284 valence electrons. The standard InChI is InChI=1S/C38H51N3O9S2/c1-4-48-34-13-10-28(27-8-11-29(12-9-27)36(2,3)39)20-35(34)52(46,47)41-18-16-37(17-19-41)22-30(24-50-37)40-23-31(43)25-49-32-6-5-7-33(21-32)51(44,45)38(26-42)14-15-38/h5-13,20-21,30-31,40,42-43H,4,14-19,22-26,39H2,1-3H3/t30-,31?/m0/s1. The van der Waals surface area contributed by atoms with Crippen LogP contribution in [-0.2, 0) is 30.1 Å². The van der Waals surface area contributed by atoms with Gasteiger partial charge >= 0.3 is 0 Å². The molecule has 12 nitrogen and oxygen atoms in total. The van der Waals surface area contributed by atoms with Crippen LogP contribution < -0.4 is 20.5 Å². The van der Waals surface area contributed by atoms with Crippen molar-refractivity contribution in [2.45, 2.75) is 90.7 Å². The van der Waals surface area contributed by atoms with Crippen LogP contribution in [0.15, 0.2) is 76.5 Å². The van der Waals surface area contributed by atoms with Gasteiger partial charge in [-0.1, -0.05) is 36.4 Å². The van der Waals surface area contributed by atoms with E-state index < -0.39 is 48.5 Å². The molecule has 52 heavy (non-hydrogen) atoms. The Labute approximate surface area is 307 Å². The molecular weight excluding hydrogens is 707 g/mol. The monoisotopic (exact) mass is 757 g/mol. The third-order valence-electron chi connectivity index (χ3n) is 10.5. The second kappa shape index (κ2) is 15.0. The topological polar surface area (TPSA) is 178 Å². The maximum atomic E-state index is 14.1. The number of rotatable bonds is 15. The third kappa shape index (κ3) is 8.04. The normalized spacial score (nSPS) is 20.8. The number of nitrogens with zero attached hydrogens (tertiary/aromatic N) is 1. The van der Waals surface area contributed by atoms with E-state index in [2.05, 4.69) is 5.32 Å². The lowest BCUT2D eigenvalue weighted by Gasteiger charge is -2.38. The molecule has 2 atom stereocenters. The highest BCUT2D eigenvalue weighted by atomic mass is 32.2. The second-order valence-corrected chi connectivity index (χ2v) is 19.1. The zero-order valence-electron chi connectivity index (χ0n) is 30.1. The van der Waals surface area contributed by atoms with Crippen molar-refractivity contribution in [3.05, 3.63) is 72.3 Å². The average Bonchev–Trinajstić information content (AvgIpc) is 3.86. The molecule has 14 heteroatoms. The molecule has 1 saturated carbocycles. The van der Waals surface area contributed by atoms with Gasteiger partial charge in [-0.15, -0.1) is 0 Å². The van der Waals surface area contributed by atoms with Gasteiger partial charge in [-0.2, -0.15) is 4.31 Å². The van der Waals surface area contributed by atoms with E-state index in [-0.39, 0.29) is 29.0 Å². The van der Waals surface area contributed by atoms with Crippen molar-refractivity contribution in [1.82, 2.24) is 9.62 Å². The fourth-order valence-corrected chi connectivity index (χ4v) is 10.5. The van der Waals surface area contributed by atoms with E-state index in [0.29, 0.717) is 69.9 Å². The van der Waals surface area contributed by atoms with Gasteiger partial charge in [0.15, 0.2) is 9.84 Å². The van der Waals surface area contributed by atoms with Crippen LogP contribution in [0.25, 0.3) is 11.1 Å². The van der Waals surface area contributed by atoms with Gasteiger partial charge in [0, 0.05) is 31.2 Å². The minimum atomic E-state index is -3.88. The van der Waals surface area contributed by atoms with Gasteiger partial charge in [0.25, 0.3) is 0 Å². The van der Waals surface area contributed by atoms with Gasteiger partial charge in [0.1, 0.15) is 29.1 Å². The zero-order valence-corrected chi connectivity index (χ0v) is 31.7. The molecule has 3 aliphatic rings. The molecule has 0 aromatic heterocycles. The molecule has 0 bridgehead atoms. The second-order valence-electron chi connectivity index (χ2n) is 14.9. The Balaban J connectivity index is 1.02. The lowest BCUT2D eigenvalue weighted by atomic mass is 9.88. The first-order valence-electron chi connectivity index (χ1n) is 17.9. The Morgan fingerprint density at radius 2 is 1.67 bits per heavy atom. The fourth-order valence-electron chi connectivity index (χ4n) is 7.04. The van der Waals surface area contributed by atoms with Crippen molar-refractivity contribution in [3.63, 3.8) is 0 Å². The number of sulfone groups is 1. The Morgan fingerprint density at radius 1 is 0.981 bits per heavy atom. The molecule has 1 unspecified atom stereocenters. The van der Waals surface area contributed by atoms with Crippen LogP contribution in [0.3, 0.4) is 0 Å². The number of sulfonamides is 1. The molecule has 3 aromatic carbocycles. The van der Waals surface area contributed by atoms with Gasteiger partial charge in [0.05, 0.1) is 35.1 Å². The van der Waals surface area contributed by atoms with Crippen molar-refractivity contribution in [2.75, 3.05) is 46.1 Å². The molecule has 2 saturated heterocycles. The van der Waals surface area contributed by atoms with Gasteiger partial charge in [-0.05, 0) is 99.9 Å². The number of piperidine rings is 1. The number of hydrogen-bond acceptors (Lipinski definition) is 11. The molecule has 1 aliphatic carbocycles. The molecule has 2 aliphatic heterocycles. The first-order valence-corrected chi connectivity index (χ1v) is 20.8. The first-order chi connectivity index (χ1) is 24.6. The summed E-state index contributed by atoms with van der Waals surface area (Å²) in [6, 6.07) is 19.2. The number of nitrogens with two attached hydrogens (primary N) is 1. The summed E-state index contributed by atoms with van der Waals surface area (Å²) in [5.74, 6) is 0.644. The lowest BCUT2D eigenvalue weighted by Crippen LogP contribution is -2.47. The molecule has 0 amide bonds. The highest BCUT2D eigenvalue weighted by Gasteiger charge is 2.54. The van der Waals surface area contributed by atoms with Gasteiger partial charge in [-0.25, -0.2) is 16.8 Å². The highest BCUT2D eigenvalue weighted by molar-refractivity contribution is 7.93. The van der Waals surface area contributed by atoms with Crippen LogP contribution in [0, 0.1) is 0 Å². The summed E-state index contributed by atoms with van der Waals surface area (Å²) in [5.41, 5.74) is 7.92. The fraction of sp³-hybridized carbons (Fsp3) is 0.526. The summed E-state index contributed by atoms with van der Waals surface area (Å²) < 4.78 is 72.3. The molecule has 5 N–H and O–H groups in total. The molecule has 0 radical (unpaired) electrons. The number of nitrogens with one attached hydrogen (secondary N) is 1. The van der Waals surface area contributed by atoms with Gasteiger partial charge in [-0.3, -0.25) is 0 Å². The minimum absolute atomic E-state index is 0.0306. The number of aliphatic hydroxyl groups excluding tert-OH is 2. The largest absolute Gasteiger partial charge is 0.492 e. The van der Waals surface area contributed by atoms with Crippen LogP contribution in [-0.4, -0.2) is 99.9 Å². The zero-order chi connectivity index (χ0) is 37.4. The van der Waals surface area contributed by atoms with E-state index >= 15 is 0 Å². The molecule has 3 fully saturated rings. The Kier molecular flexibility index (Phi) is 11.1. The Morgan fingerprint density at radius 3 is 2.31 bits per heavy atom. The summed E-state index contributed by atoms with van der Waals surface area (Å²) in [6.45, 7) is 6.85. The number of aliphatic hydroxyl groups is 2. The Hall–Kier alpha value is -3.08. The van der Waals surface area contributed by atoms with E-state index in [1.54, 1.807) is 24.3 Å². The number of hydrogen-bond donors (Lipinski definition) is 4. The predicted octanol–water partition coefficient (Wildman–Crippen LogP) is 3.59. The van der Waals surface area contributed by atoms with Crippen LogP contribution in [0.1, 0.15) is 58.4 Å². The molecule has 1 spiro atoms. The van der Waals surface area contributed by atoms with E-state index in [0.717, 1.165) is 16.7 Å². The van der Waals surface area contributed by atoms with Crippen LogP contribution in [0.4, 0.5) is 0 Å². The summed E-state index contributed by atoms with van der Waals surface area (Å²) in [4.78, 5) is 0.234. The van der Waals surface area contributed by atoms with Crippen molar-refractivity contribution >= 4 is 19.9 Å². The van der Waals surface area contributed by atoms with Gasteiger partial charge < -0.3 is 35.5 Å². The molecular formula is C38H51N3O9S2. The van der Waals surface area contributed by atoms with Crippen LogP contribution >= 0.6 is 0 Å². The van der Waals surface area contributed by atoms with Crippen molar-refractivity contribution in [3.8, 4) is 22.6 Å². The summed E-state index contributed by atoms with van der Waals surface area (Å²) >= 11 is 0. The average molecular weight is 758 g/mol. The third-order valence-corrected chi connectivity index (χ3v) is 15.0. The summed E-state index contributed by atoms with van der Waals surface area (Å²) in [6.07, 6.45) is 1.74. The van der Waals surface area contributed by atoms with E-state index in [1.807, 2.05) is 51.1 Å². The minimum Gasteiger partial charge on any atom is -0.492 e. The number of ether oxygens (including phenoxy) is 3. The van der Waals surface area contributed by atoms with Crippen LogP contribution in [0.5, 0.6) is 11.5 Å². The van der Waals surface area contributed by atoms with Crippen molar-refractivity contribution in [2.24, 2.45) is 5.73 Å². The smallest absolute Gasteiger partial charge is 0.246 e. The summed E-state index contributed by atoms with van der Waals surface area (Å²) in [7, 11) is -7.56. The molecule has 2 heterocycles. The van der Waals surface area contributed by atoms with E-state index in [4.69, 9.17) is 19.9 Å². The predicted molar refractivity (Wildman–Crippen MR) is 198 cm³/mol. The van der Waals surface area contributed by atoms with Crippen molar-refractivity contribution in [1.29, 1.82) is 0 Å². The van der Waals surface area contributed by atoms with Crippen molar-refractivity contribution < 1.29 is 41.3 Å². The van der Waals surface area contributed by atoms with Crippen LogP contribution in [0.2, 0.25) is 0 Å². The SMILES string of the molecule is CCOc1ccc(-c2ccc(C(C)(C)N)cc2)cc1S(=O)(=O)N1CCC2(CC1)C[C@H](NCC(O)COc1cccc(S(=O)(=O)C3(CO)CC3)c1)CO2. The summed E-state index contributed by atoms with van der Waals surface area (Å²) in [5, 5.41) is 23.6. The highest BCUT2D eigenvalue weighted by Crippen LogP contribution is 2.46. The maximum absolute atomic E-state index is 14.1. The Bertz CT molecular complexity index is 1930. The molecule has 3 aromatic rings. The van der Waals surface area contributed by atoms with E-state index in [9.17, 15) is 27.0 Å². The number of benzene rings is 3. The quantitative estimate of drug-likeness (QED) is 0.178. The van der Waals surface area contributed by atoms with Gasteiger partial charge in [0.2, 0.25) is 10.0 Å². The molecule has 6 rings (SSSR count). The maximum Gasteiger partial charge on any atom is 0.246 e. The van der Waals surface area contributed by atoms with E-state index in [1.165, 1.54) is 16.4 Å². The first kappa shape index (κ1) is 38.6.